The van der Waals surface area contributed by atoms with Gasteiger partial charge < -0.3 is 5.32 Å². The van der Waals surface area contributed by atoms with Gasteiger partial charge in [0.05, 0.1) is 11.1 Å². The zero-order valence-corrected chi connectivity index (χ0v) is 15.1. The van der Waals surface area contributed by atoms with Crippen LogP contribution in [-0.4, -0.2) is 6.54 Å². The molecule has 1 atom stereocenters. The summed E-state index contributed by atoms with van der Waals surface area (Å²) in [5, 5.41) is 6.62. The van der Waals surface area contributed by atoms with Crippen molar-refractivity contribution in [2.75, 3.05) is 6.54 Å². The van der Waals surface area contributed by atoms with Crippen molar-refractivity contribution in [3.05, 3.63) is 42.7 Å². The molecule has 0 bridgehead atoms. The van der Waals surface area contributed by atoms with Gasteiger partial charge in [0.25, 0.3) is 0 Å². The van der Waals surface area contributed by atoms with E-state index in [0.29, 0.717) is 0 Å². The van der Waals surface area contributed by atoms with Crippen LogP contribution in [0.1, 0.15) is 53.9 Å². The first kappa shape index (κ1) is 16.0. The fraction of sp³-hybridized carbons (Fsp3) is 0.500. The number of nitrogens with one attached hydrogen (secondary N) is 1. The summed E-state index contributed by atoms with van der Waals surface area (Å²) < 4.78 is 0. The fourth-order valence-corrected chi connectivity index (χ4v) is 4.70. The topological polar surface area (TPSA) is 12.0 Å². The van der Waals surface area contributed by atoms with Gasteiger partial charge in [-0.2, -0.15) is 0 Å². The molecule has 2 rings (SSSR count). The van der Waals surface area contributed by atoms with Crippen molar-refractivity contribution in [2.45, 2.75) is 46.1 Å². The molecule has 4 heteroatoms. The molecule has 1 N–H and O–H groups in total. The first-order valence-electron chi connectivity index (χ1n) is 6.91. The average Bonchev–Trinajstić information content (AvgIpc) is 2.96. The smallest absolute Gasteiger partial charge is 0.0780 e. The van der Waals surface area contributed by atoms with E-state index in [9.17, 15) is 0 Å². The molecule has 2 heterocycles. The van der Waals surface area contributed by atoms with Crippen molar-refractivity contribution in [2.24, 2.45) is 0 Å². The summed E-state index contributed by atoms with van der Waals surface area (Å²) in [6.45, 7) is 11.9. The van der Waals surface area contributed by atoms with Crippen molar-refractivity contribution < 1.29 is 0 Å². The lowest BCUT2D eigenvalue weighted by atomic mass is 9.95. The van der Waals surface area contributed by atoms with Gasteiger partial charge in [0.2, 0.25) is 0 Å². The number of hydrogen-bond donors (Lipinski definition) is 1. The Kier molecular flexibility index (Phi) is 4.96. The third-order valence-electron chi connectivity index (χ3n) is 3.25. The second kappa shape index (κ2) is 6.18. The highest BCUT2D eigenvalue weighted by molar-refractivity contribution is 7.13. The molecule has 0 amide bonds. The molecule has 1 unspecified atom stereocenters. The standard InChI is InChI=1S/C16H22ClNS2/c1-6-18-14(15-13(17)10(2)9-19-15)11-7-8-12(20-11)16(3,4)5/h7-9,14,18H,6H2,1-5H3. The van der Waals surface area contributed by atoms with E-state index in [-0.39, 0.29) is 11.5 Å². The van der Waals surface area contributed by atoms with E-state index < -0.39 is 0 Å². The first-order chi connectivity index (χ1) is 9.34. The van der Waals surface area contributed by atoms with E-state index in [0.717, 1.165) is 11.6 Å². The molecular weight excluding hydrogens is 306 g/mol. The minimum Gasteiger partial charge on any atom is -0.305 e. The van der Waals surface area contributed by atoms with Crippen molar-refractivity contribution in [3.63, 3.8) is 0 Å². The number of halogens is 1. The zero-order valence-electron chi connectivity index (χ0n) is 12.7. The van der Waals surface area contributed by atoms with Crippen LogP contribution in [0, 0.1) is 6.92 Å². The molecule has 0 aliphatic rings. The third kappa shape index (κ3) is 3.28. The summed E-state index contributed by atoms with van der Waals surface area (Å²) in [5.74, 6) is 0. The number of aryl methyl sites for hydroxylation is 1. The van der Waals surface area contributed by atoms with Crippen LogP contribution >= 0.6 is 34.3 Å². The van der Waals surface area contributed by atoms with Crippen LogP contribution in [0.2, 0.25) is 5.02 Å². The highest BCUT2D eigenvalue weighted by Gasteiger charge is 2.23. The summed E-state index contributed by atoms with van der Waals surface area (Å²) in [6, 6.07) is 4.70. The number of rotatable bonds is 4. The van der Waals surface area contributed by atoms with E-state index in [1.54, 1.807) is 11.3 Å². The minimum atomic E-state index is 0.203. The second-order valence-corrected chi connectivity index (χ2v) is 8.44. The maximum absolute atomic E-state index is 6.46. The third-order valence-corrected chi connectivity index (χ3v) is 6.60. The molecule has 110 valence electrons. The Morgan fingerprint density at radius 3 is 2.45 bits per heavy atom. The highest BCUT2D eigenvalue weighted by atomic mass is 35.5. The molecule has 2 aromatic heterocycles. The summed E-state index contributed by atoms with van der Waals surface area (Å²) in [4.78, 5) is 3.99. The zero-order chi connectivity index (χ0) is 14.9. The van der Waals surface area contributed by atoms with Crippen LogP contribution in [0.3, 0.4) is 0 Å². The maximum atomic E-state index is 6.46. The molecule has 0 saturated heterocycles. The Balaban J connectivity index is 2.39. The summed E-state index contributed by atoms with van der Waals surface area (Å²) in [5.41, 5.74) is 1.37. The van der Waals surface area contributed by atoms with Crippen molar-refractivity contribution in [1.29, 1.82) is 0 Å². The lowest BCUT2D eigenvalue weighted by Crippen LogP contribution is -2.20. The predicted molar refractivity (Wildman–Crippen MR) is 92.6 cm³/mol. The molecule has 0 aliphatic heterocycles. The maximum Gasteiger partial charge on any atom is 0.0780 e. The van der Waals surface area contributed by atoms with Gasteiger partial charge in [0.1, 0.15) is 0 Å². The van der Waals surface area contributed by atoms with Crippen molar-refractivity contribution in [1.82, 2.24) is 5.32 Å². The van der Waals surface area contributed by atoms with E-state index in [4.69, 9.17) is 11.6 Å². The Morgan fingerprint density at radius 1 is 1.30 bits per heavy atom. The monoisotopic (exact) mass is 327 g/mol. The quantitative estimate of drug-likeness (QED) is 0.751. The Bertz CT molecular complexity index is 578. The molecule has 0 saturated carbocycles. The molecule has 0 fully saturated rings. The summed E-state index contributed by atoms with van der Waals surface area (Å²) >= 11 is 10.1. The van der Waals surface area contributed by atoms with Crippen molar-refractivity contribution in [3.8, 4) is 0 Å². The van der Waals surface area contributed by atoms with Gasteiger partial charge in [0.15, 0.2) is 0 Å². The molecular formula is C16H22ClNS2. The Labute approximate surface area is 135 Å². The minimum absolute atomic E-state index is 0.203. The number of thiophene rings is 2. The van der Waals surface area contributed by atoms with Crippen LogP contribution in [0.5, 0.6) is 0 Å². The second-order valence-electron chi connectivity index (χ2n) is 6.04. The molecule has 0 aromatic carbocycles. The Hall–Kier alpha value is -0.350. The first-order valence-corrected chi connectivity index (χ1v) is 8.99. The van der Waals surface area contributed by atoms with Crippen LogP contribution in [-0.2, 0) is 5.41 Å². The fourth-order valence-electron chi connectivity index (χ4n) is 2.08. The van der Waals surface area contributed by atoms with E-state index >= 15 is 0 Å². The van der Waals surface area contributed by atoms with Gasteiger partial charge in [-0.3, -0.25) is 0 Å². The molecule has 1 nitrogen and oxygen atoms in total. The SMILES string of the molecule is CCNC(c1ccc(C(C)(C)C)s1)c1scc(C)c1Cl. The lowest BCUT2D eigenvalue weighted by molar-refractivity contribution is 0.604. The number of hydrogen-bond acceptors (Lipinski definition) is 3. The highest BCUT2D eigenvalue weighted by Crippen LogP contribution is 2.40. The van der Waals surface area contributed by atoms with Gasteiger partial charge in [-0.1, -0.05) is 39.3 Å². The average molecular weight is 328 g/mol. The van der Waals surface area contributed by atoms with Crippen LogP contribution in [0.15, 0.2) is 17.5 Å². The molecule has 0 aliphatic carbocycles. The van der Waals surface area contributed by atoms with Crippen molar-refractivity contribution >= 4 is 34.3 Å². The molecule has 20 heavy (non-hydrogen) atoms. The van der Waals surface area contributed by atoms with E-state index in [2.05, 4.69) is 57.4 Å². The van der Waals surface area contributed by atoms with Crippen LogP contribution < -0.4 is 5.32 Å². The molecule has 0 radical (unpaired) electrons. The van der Waals surface area contributed by atoms with E-state index in [1.165, 1.54) is 20.2 Å². The Morgan fingerprint density at radius 2 is 2.00 bits per heavy atom. The van der Waals surface area contributed by atoms with Gasteiger partial charge >= 0.3 is 0 Å². The summed E-state index contributed by atoms with van der Waals surface area (Å²) in [7, 11) is 0. The van der Waals surface area contributed by atoms with Gasteiger partial charge in [-0.05, 0) is 42.0 Å². The largest absolute Gasteiger partial charge is 0.305 e. The van der Waals surface area contributed by atoms with Gasteiger partial charge in [0, 0.05) is 14.6 Å². The van der Waals surface area contributed by atoms with Crippen LogP contribution in [0.25, 0.3) is 0 Å². The van der Waals surface area contributed by atoms with Gasteiger partial charge in [-0.25, -0.2) is 0 Å². The lowest BCUT2D eigenvalue weighted by Gasteiger charge is -2.18. The molecule has 0 spiro atoms. The van der Waals surface area contributed by atoms with Crippen LogP contribution in [0.4, 0.5) is 0 Å². The normalized spacial score (nSPS) is 13.7. The molecule has 2 aromatic rings. The summed E-state index contributed by atoms with van der Waals surface area (Å²) in [6.07, 6.45) is 0. The van der Waals surface area contributed by atoms with Gasteiger partial charge in [-0.15, -0.1) is 22.7 Å². The van der Waals surface area contributed by atoms with E-state index in [1.807, 2.05) is 11.3 Å². The predicted octanol–water partition coefficient (Wildman–Crippen LogP) is 5.77.